The number of nitrogens with one attached hydrogen (secondary N) is 1. The summed E-state index contributed by atoms with van der Waals surface area (Å²) in [6.45, 7) is 2.22. The largest absolute Gasteiger partial charge is 0.463 e. The number of carbonyl (C=O) groups is 4. The van der Waals surface area contributed by atoms with Crippen molar-refractivity contribution in [3.63, 3.8) is 0 Å². The van der Waals surface area contributed by atoms with E-state index in [2.05, 4.69) is 20.1 Å². The minimum Gasteiger partial charge on any atom is -0.463 e. The molecule has 28 heavy (non-hydrogen) atoms. The highest BCUT2D eigenvalue weighted by molar-refractivity contribution is 5.69. The predicted octanol–water partition coefficient (Wildman–Crippen LogP) is -0.507. The molecule has 1 unspecified atom stereocenters. The van der Waals surface area contributed by atoms with Gasteiger partial charge < -0.3 is 34.1 Å². The molecule has 1 heterocycles. The molecule has 0 bridgehead atoms. The fraction of sp³-hybridized carbons (Fsp3) is 0.714. The molecular formula is C14H20N4O10. The Bertz CT molecular complexity index is 650. The summed E-state index contributed by atoms with van der Waals surface area (Å²) in [6.07, 6.45) is -6.80. The molecule has 0 aromatic rings. The van der Waals surface area contributed by atoms with Crippen LogP contribution in [0, 0.1) is 0 Å². The molecule has 14 heteroatoms. The van der Waals surface area contributed by atoms with E-state index in [-0.39, 0.29) is 0 Å². The lowest BCUT2D eigenvalue weighted by atomic mass is 9.96. The lowest BCUT2D eigenvalue weighted by Crippen LogP contribution is -2.66. The summed E-state index contributed by atoms with van der Waals surface area (Å²) >= 11 is 0. The van der Waals surface area contributed by atoms with Crippen LogP contribution in [0.2, 0.25) is 0 Å². The highest BCUT2D eigenvalue weighted by atomic mass is 16.7. The SMILES string of the molecule is CC(=O)OC[C@H]1OC(O)[C@H](NC(=O)OCN=[N+]=[N-])[C@@H](OC(C)=O)[C@@H]1OC(C)=O. The van der Waals surface area contributed by atoms with Gasteiger partial charge in [-0.2, -0.15) is 0 Å². The van der Waals surface area contributed by atoms with Gasteiger partial charge in [-0.1, -0.05) is 5.11 Å². The number of aliphatic hydroxyl groups excluding tert-OH is 1. The first kappa shape index (κ1) is 23.0. The van der Waals surface area contributed by atoms with E-state index in [0.717, 1.165) is 20.8 Å². The molecule has 1 aliphatic rings. The first-order valence-corrected chi connectivity index (χ1v) is 7.91. The molecule has 14 nitrogen and oxygen atoms in total. The Morgan fingerprint density at radius 2 is 1.68 bits per heavy atom. The van der Waals surface area contributed by atoms with Crippen LogP contribution in [-0.4, -0.2) is 73.1 Å². The molecule has 1 rings (SSSR count). The van der Waals surface area contributed by atoms with E-state index in [0.29, 0.717) is 0 Å². The molecule has 0 spiro atoms. The molecule has 2 N–H and O–H groups in total. The summed E-state index contributed by atoms with van der Waals surface area (Å²) in [5.74, 6) is -2.25. The maximum atomic E-state index is 11.8. The van der Waals surface area contributed by atoms with Gasteiger partial charge in [-0.25, -0.2) is 4.79 Å². The van der Waals surface area contributed by atoms with Crippen LogP contribution in [0.25, 0.3) is 10.4 Å². The normalized spacial score (nSPS) is 26.2. The van der Waals surface area contributed by atoms with Crippen molar-refractivity contribution in [2.24, 2.45) is 5.11 Å². The van der Waals surface area contributed by atoms with E-state index in [1.165, 1.54) is 0 Å². The summed E-state index contributed by atoms with van der Waals surface area (Å²) in [5.41, 5.74) is 8.17. The van der Waals surface area contributed by atoms with E-state index in [9.17, 15) is 24.3 Å². The second kappa shape index (κ2) is 10.9. The molecule has 0 radical (unpaired) electrons. The fourth-order valence-corrected chi connectivity index (χ4v) is 2.36. The van der Waals surface area contributed by atoms with Gasteiger partial charge in [0.05, 0.1) is 0 Å². The Hall–Kier alpha value is -3.09. The third kappa shape index (κ3) is 7.26. The minimum atomic E-state index is -1.75. The molecule has 1 saturated heterocycles. The number of esters is 3. The molecule has 0 saturated carbocycles. The van der Waals surface area contributed by atoms with Crippen molar-refractivity contribution in [2.45, 2.75) is 51.4 Å². The fourth-order valence-electron chi connectivity index (χ4n) is 2.36. The van der Waals surface area contributed by atoms with Crippen molar-refractivity contribution >= 4 is 24.0 Å². The Morgan fingerprint density at radius 3 is 2.21 bits per heavy atom. The number of ether oxygens (including phenoxy) is 5. The Balaban J connectivity index is 3.07. The summed E-state index contributed by atoms with van der Waals surface area (Å²) in [7, 11) is 0. The van der Waals surface area contributed by atoms with E-state index in [1.807, 2.05) is 0 Å². The molecule has 1 aliphatic heterocycles. The number of carbonyl (C=O) groups excluding carboxylic acids is 4. The van der Waals surface area contributed by atoms with Crippen molar-refractivity contribution in [2.75, 3.05) is 13.3 Å². The second-order valence-corrected chi connectivity index (χ2v) is 5.48. The van der Waals surface area contributed by atoms with Gasteiger partial charge in [-0.05, 0) is 5.53 Å². The number of azide groups is 1. The predicted molar refractivity (Wildman–Crippen MR) is 86.0 cm³/mol. The number of nitrogens with zero attached hydrogens (tertiary/aromatic N) is 3. The quantitative estimate of drug-likeness (QED) is 0.183. The van der Waals surface area contributed by atoms with Gasteiger partial charge in [-0.15, -0.1) is 0 Å². The van der Waals surface area contributed by atoms with Crippen molar-refractivity contribution in [3.8, 4) is 0 Å². The van der Waals surface area contributed by atoms with Gasteiger partial charge in [-0.3, -0.25) is 14.4 Å². The van der Waals surface area contributed by atoms with E-state index in [4.69, 9.17) is 24.5 Å². The van der Waals surface area contributed by atoms with Crippen molar-refractivity contribution in [3.05, 3.63) is 10.4 Å². The van der Waals surface area contributed by atoms with Crippen LogP contribution in [0.15, 0.2) is 5.11 Å². The van der Waals surface area contributed by atoms with Crippen molar-refractivity contribution in [1.29, 1.82) is 0 Å². The molecule has 0 aromatic carbocycles. The number of hydrogen-bond acceptors (Lipinski definition) is 11. The first-order chi connectivity index (χ1) is 13.1. The molecule has 0 aliphatic carbocycles. The molecular weight excluding hydrogens is 384 g/mol. The van der Waals surface area contributed by atoms with Crippen LogP contribution in [-0.2, 0) is 38.1 Å². The third-order valence-electron chi connectivity index (χ3n) is 3.32. The monoisotopic (exact) mass is 404 g/mol. The van der Waals surface area contributed by atoms with Crippen molar-refractivity contribution < 1.29 is 48.0 Å². The van der Waals surface area contributed by atoms with Crippen LogP contribution >= 0.6 is 0 Å². The van der Waals surface area contributed by atoms with Gasteiger partial charge in [0, 0.05) is 25.7 Å². The topological polar surface area (TPSA) is 195 Å². The Labute approximate surface area is 158 Å². The molecule has 0 aromatic heterocycles. The summed E-state index contributed by atoms with van der Waals surface area (Å²) in [5, 5.41) is 15.4. The number of rotatable bonds is 7. The average Bonchev–Trinajstić information content (AvgIpc) is 2.58. The summed E-state index contributed by atoms with van der Waals surface area (Å²) < 4.78 is 24.8. The zero-order valence-corrected chi connectivity index (χ0v) is 15.3. The lowest BCUT2D eigenvalue weighted by molar-refractivity contribution is -0.264. The van der Waals surface area contributed by atoms with Crippen LogP contribution < -0.4 is 5.32 Å². The van der Waals surface area contributed by atoms with Crippen LogP contribution in [0.1, 0.15) is 20.8 Å². The zero-order valence-electron chi connectivity index (χ0n) is 15.3. The highest BCUT2D eigenvalue weighted by Crippen LogP contribution is 2.26. The van der Waals surface area contributed by atoms with Gasteiger partial charge in [0.2, 0.25) is 0 Å². The van der Waals surface area contributed by atoms with E-state index < -0.39 is 68.0 Å². The summed E-state index contributed by atoms with van der Waals surface area (Å²) in [6, 6.07) is -1.42. The molecule has 1 amide bonds. The second-order valence-electron chi connectivity index (χ2n) is 5.48. The number of alkyl carbamates (subject to hydrolysis) is 1. The van der Waals surface area contributed by atoms with E-state index >= 15 is 0 Å². The number of aliphatic hydroxyl groups is 1. The van der Waals surface area contributed by atoms with Gasteiger partial charge >= 0.3 is 24.0 Å². The Kier molecular flexibility index (Phi) is 8.95. The number of hydrogen-bond donors (Lipinski definition) is 2. The maximum Gasteiger partial charge on any atom is 0.407 e. The number of amides is 1. The van der Waals surface area contributed by atoms with Crippen LogP contribution in [0.5, 0.6) is 0 Å². The highest BCUT2D eigenvalue weighted by Gasteiger charge is 2.50. The zero-order chi connectivity index (χ0) is 21.3. The molecule has 5 atom stereocenters. The molecule has 1 fully saturated rings. The maximum absolute atomic E-state index is 11.8. The first-order valence-electron chi connectivity index (χ1n) is 7.91. The smallest absolute Gasteiger partial charge is 0.407 e. The van der Waals surface area contributed by atoms with Crippen molar-refractivity contribution in [1.82, 2.24) is 5.32 Å². The third-order valence-corrected chi connectivity index (χ3v) is 3.32. The Morgan fingerprint density at radius 1 is 1.07 bits per heavy atom. The standard InChI is InChI=1S/C14H20N4O10/c1-6(19)24-4-9-11(26-7(2)20)12(27-8(3)21)10(13(22)28-9)17-14(23)25-5-16-18-15/h9-13,22H,4-5H2,1-3H3,(H,17,23)/t9-,10-,11-,12-,13?/m1/s1. The average molecular weight is 404 g/mol. The van der Waals surface area contributed by atoms with Crippen LogP contribution in [0.4, 0.5) is 4.79 Å². The summed E-state index contributed by atoms with van der Waals surface area (Å²) in [4.78, 5) is 48.2. The van der Waals surface area contributed by atoms with Gasteiger partial charge in [0.1, 0.15) is 18.8 Å². The molecule has 156 valence electrons. The van der Waals surface area contributed by atoms with Gasteiger partial charge in [0.15, 0.2) is 25.2 Å². The minimum absolute atomic E-state index is 0.420. The van der Waals surface area contributed by atoms with Gasteiger partial charge in [0.25, 0.3) is 0 Å². The lowest BCUT2D eigenvalue weighted by Gasteiger charge is -2.43. The van der Waals surface area contributed by atoms with Crippen LogP contribution in [0.3, 0.4) is 0 Å². The van der Waals surface area contributed by atoms with E-state index in [1.54, 1.807) is 0 Å².